The van der Waals surface area contributed by atoms with Crippen LogP contribution in [0.4, 0.5) is 4.39 Å². The molecule has 3 N–H and O–H groups in total. The first-order valence-electron chi connectivity index (χ1n) is 6.85. The minimum absolute atomic E-state index is 0.0956. The summed E-state index contributed by atoms with van der Waals surface area (Å²) in [4.78, 5) is 0. The second kappa shape index (κ2) is 6.64. The van der Waals surface area contributed by atoms with Crippen molar-refractivity contribution in [1.29, 1.82) is 0 Å². The highest BCUT2D eigenvalue weighted by Gasteiger charge is 2.11. The Balaban J connectivity index is 2.08. The van der Waals surface area contributed by atoms with Gasteiger partial charge in [0.05, 0.1) is 0 Å². The molecule has 2 aromatic rings. The fourth-order valence-corrected chi connectivity index (χ4v) is 2.32. The van der Waals surface area contributed by atoms with Crippen LogP contribution in [0.2, 0.25) is 0 Å². The van der Waals surface area contributed by atoms with E-state index in [1.54, 1.807) is 6.07 Å². The first-order valence-corrected chi connectivity index (χ1v) is 6.85. The van der Waals surface area contributed by atoms with E-state index in [0.29, 0.717) is 6.42 Å². The van der Waals surface area contributed by atoms with Gasteiger partial charge in [0, 0.05) is 6.04 Å². The summed E-state index contributed by atoms with van der Waals surface area (Å²) in [5.74, 6) is 5.45. The average molecular weight is 272 g/mol. The highest BCUT2D eigenvalue weighted by molar-refractivity contribution is 5.28. The summed E-state index contributed by atoms with van der Waals surface area (Å²) < 4.78 is 13.3. The van der Waals surface area contributed by atoms with Gasteiger partial charge in [0.1, 0.15) is 5.82 Å². The molecule has 2 aromatic carbocycles. The second-order valence-electron chi connectivity index (χ2n) is 5.33. The predicted octanol–water partition coefficient (Wildman–Crippen LogP) is 3.06. The predicted molar refractivity (Wildman–Crippen MR) is 80.8 cm³/mol. The molecule has 0 saturated carbocycles. The van der Waals surface area contributed by atoms with Crippen molar-refractivity contribution in [3.63, 3.8) is 0 Å². The molecule has 0 spiro atoms. The molecule has 106 valence electrons. The maximum atomic E-state index is 13.3. The van der Waals surface area contributed by atoms with Crippen molar-refractivity contribution in [3.8, 4) is 0 Å². The van der Waals surface area contributed by atoms with Crippen molar-refractivity contribution in [2.45, 2.75) is 32.7 Å². The van der Waals surface area contributed by atoms with Crippen LogP contribution in [-0.4, -0.2) is 6.04 Å². The van der Waals surface area contributed by atoms with E-state index in [0.717, 1.165) is 17.5 Å². The summed E-state index contributed by atoms with van der Waals surface area (Å²) in [5, 5.41) is 0. The fraction of sp³-hybridized carbons (Fsp3) is 0.294. The Bertz CT molecular complexity index is 564. The molecular formula is C17H21FN2. The monoisotopic (exact) mass is 272 g/mol. The molecule has 0 aromatic heterocycles. The van der Waals surface area contributed by atoms with Crippen molar-refractivity contribution >= 4 is 0 Å². The molecule has 0 aliphatic carbocycles. The minimum Gasteiger partial charge on any atom is -0.271 e. The first kappa shape index (κ1) is 14.7. The third-order valence-electron chi connectivity index (χ3n) is 3.62. The third-order valence-corrected chi connectivity index (χ3v) is 3.62. The lowest BCUT2D eigenvalue weighted by Gasteiger charge is -2.17. The molecule has 20 heavy (non-hydrogen) atoms. The van der Waals surface area contributed by atoms with Crippen LogP contribution in [-0.2, 0) is 12.8 Å². The lowest BCUT2D eigenvalue weighted by atomic mass is 9.96. The molecule has 0 fully saturated rings. The molecule has 1 atom stereocenters. The van der Waals surface area contributed by atoms with E-state index in [9.17, 15) is 4.39 Å². The van der Waals surface area contributed by atoms with Crippen LogP contribution < -0.4 is 11.3 Å². The van der Waals surface area contributed by atoms with Crippen molar-refractivity contribution in [2.24, 2.45) is 5.84 Å². The van der Waals surface area contributed by atoms with Gasteiger partial charge >= 0.3 is 0 Å². The SMILES string of the molecule is Cc1ccc(CC(Cc2cc(F)ccc2C)NN)cc1. The van der Waals surface area contributed by atoms with Crippen LogP contribution in [0.5, 0.6) is 0 Å². The molecule has 0 amide bonds. The normalized spacial score (nSPS) is 12.4. The number of hydrogen-bond acceptors (Lipinski definition) is 2. The van der Waals surface area contributed by atoms with E-state index in [4.69, 9.17) is 5.84 Å². The van der Waals surface area contributed by atoms with E-state index >= 15 is 0 Å². The quantitative estimate of drug-likeness (QED) is 0.648. The topological polar surface area (TPSA) is 38.0 Å². The summed E-state index contributed by atoms with van der Waals surface area (Å²) >= 11 is 0. The van der Waals surface area contributed by atoms with Gasteiger partial charge in [-0.2, -0.15) is 0 Å². The Kier molecular flexibility index (Phi) is 4.88. The molecule has 1 unspecified atom stereocenters. The van der Waals surface area contributed by atoms with Gasteiger partial charge in [0.15, 0.2) is 0 Å². The molecule has 0 aliphatic rings. The number of rotatable bonds is 5. The van der Waals surface area contributed by atoms with Crippen molar-refractivity contribution < 1.29 is 4.39 Å². The zero-order chi connectivity index (χ0) is 14.5. The number of nitrogens with one attached hydrogen (secondary N) is 1. The number of aryl methyl sites for hydroxylation is 2. The molecular weight excluding hydrogens is 251 g/mol. The molecule has 0 bridgehead atoms. The molecule has 2 nitrogen and oxygen atoms in total. The Morgan fingerprint density at radius 2 is 1.75 bits per heavy atom. The van der Waals surface area contributed by atoms with Crippen LogP contribution in [0.15, 0.2) is 42.5 Å². The molecule has 0 saturated heterocycles. The fourth-order valence-electron chi connectivity index (χ4n) is 2.32. The number of hydrogen-bond donors (Lipinski definition) is 2. The Morgan fingerprint density at radius 3 is 2.40 bits per heavy atom. The average Bonchev–Trinajstić information content (AvgIpc) is 2.44. The standard InChI is InChI=1S/C17H21FN2/c1-12-3-6-14(7-4-12)9-17(20-19)11-15-10-16(18)8-5-13(15)2/h3-8,10,17,20H,9,11,19H2,1-2H3. The first-order chi connectivity index (χ1) is 9.58. The lowest BCUT2D eigenvalue weighted by molar-refractivity contribution is 0.519. The highest BCUT2D eigenvalue weighted by atomic mass is 19.1. The number of nitrogens with two attached hydrogens (primary N) is 1. The number of halogens is 1. The maximum absolute atomic E-state index is 13.3. The summed E-state index contributed by atoms with van der Waals surface area (Å²) in [7, 11) is 0. The second-order valence-corrected chi connectivity index (χ2v) is 5.33. The van der Waals surface area contributed by atoms with Gasteiger partial charge in [-0.3, -0.25) is 11.3 Å². The minimum atomic E-state index is -0.197. The van der Waals surface area contributed by atoms with E-state index < -0.39 is 0 Å². The smallest absolute Gasteiger partial charge is 0.123 e. The van der Waals surface area contributed by atoms with Crippen LogP contribution in [0.25, 0.3) is 0 Å². The van der Waals surface area contributed by atoms with Gasteiger partial charge in [0.25, 0.3) is 0 Å². The van der Waals surface area contributed by atoms with E-state index in [-0.39, 0.29) is 11.9 Å². The Morgan fingerprint density at radius 1 is 1.05 bits per heavy atom. The largest absolute Gasteiger partial charge is 0.271 e. The summed E-state index contributed by atoms with van der Waals surface area (Å²) in [6.45, 7) is 4.06. The van der Waals surface area contributed by atoms with E-state index in [2.05, 4.69) is 36.6 Å². The number of benzene rings is 2. The molecule has 0 radical (unpaired) electrons. The Hall–Kier alpha value is -1.71. The molecule has 0 heterocycles. The summed E-state index contributed by atoms with van der Waals surface area (Å²) in [6.07, 6.45) is 1.54. The summed E-state index contributed by atoms with van der Waals surface area (Å²) in [6, 6.07) is 13.4. The maximum Gasteiger partial charge on any atom is 0.123 e. The molecule has 3 heteroatoms. The zero-order valence-corrected chi connectivity index (χ0v) is 12.0. The number of hydrazine groups is 1. The molecule has 0 aliphatic heterocycles. The van der Waals surface area contributed by atoms with Gasteiger partial charge in [-0.1, -0.05) is 35.9 Å². The summed E-state index contributed by atoms with van der Waals surface area (Å²) in [5.41, 5.74) is 7.40. The zero-order valence-electron chi connectivity index (χ0n) is 12.0. The van der Waals surface area contributed by atoms with Gasteiger partial charge < -0.3 is 0 Å². The lowest BCUT2D eigenvalue weighted by Crippen LogP contribution is -2.38. The van der Waals surface area contributed by atoms with Crippen LogP contribution in [0.1, 0.15) is 22.3 Å². The van der Waals surface area contributed by atoms with Gasteiger partial charge in [0.2, 0.25) is 0 Å². The van der Waals surface area contributed by atoms with Gasteiger partial charge in [-0.25, -0.2) is 4.39 Å². The van der Waals surface area contributed by atoms with Crippen LogP contribution >= 0.6 is 0 Å². The van der Waals surface area contributed by atoms with Crippen LogP contribution in [0, 0.1) is 19.7 Å². The third kappa shape index (κ3) is 3.89. The van der Waals surface area contributed by atoms with Crippen LogP contribution in [0.3, 0.4) is 0 Å². The van der Waals surface area contributed by atoms with Gasteiger partial charge in [-0.05, 0) is 55.5 Å². The van der Waals surface area contributed by atoms with Crippen molar-refractivity contribution in [1.82, 2.24) is 5.43 Å². The Labute approximate surface area is 119 Å². The van der Waals surface area contributed by atoms with E-state index in [1.165, 1.54) is 17.2 Å². The molecule has 2 rings (SSSR count). The van der Waals surface area contributed by atoms with Crippen molar-refractivity contribution in [2.75, 3.05) is 0 Å². The van der Waals surface area contributed by atoms with Crippen molar-refractivity contribution in [3.05, 3.63) is 70.5 Å². The highest BCUT2D eigenvalue weighted by Crippen LogP contribution is 2.15. The van der Waals surface area contributed by atoms with E-state index in [1.807, 2.05) is 13.0 Å². The van der Waals surface area contributed by atoms with Gasteiger partial charge in [-0.15, -0.1) is 0 Å².